The van der Waals surface area contributed by atoms with E-state index in [0.29, 0.717) is 12.8 Å². The maximum Gasteiger partial charge on any atom is 0.406 e. The zero-order chi connectivity index (χ0) is 17.9. The number of hydrogen-bond acceptors (Lipinski definition) is 5. The lowest BCUT2D eigenvalue weighted by molar-refractivity contribution is -0.176. The predicted octanol–water partition coefficient (Wildman–Crippen LogP) is 1.57. The Kier molecular flexibility index (Phi) is 4.14. The van der Waals surface area contributed by atoms with Crippen molar-refractivity contribution in [3.8, 4) is 0 Å². The van der Waals surface area contributed by atoms with Crippen molar-refractivity contribution in [3.63, 3.8) is 0 Å². The van der Waals surface area contributed by atoms with E-state index >= 15 is 0 Å². The van der Waals surface area contributed by atoms with Crippen LogP contribution in [0.15, 0.2) is 0 Å². The van der Waals surface area contributed by atoms with E-state index < -0.39 is 53.3 Å². The third kappa shape index (κ3) is 2.52. The van der Waals surface area contributed by atoms with Gasteiger partial charge in [0.15, 0.2) is 0 Å². The average molecular weight is 374 g/mol. The van der Waals surface area contributed by atoms with Gasteiger partial charge in [-0.1, -0.05) is 0 Å². The maximum absolute atomic E-state index is 13.3. The lowest BCUT2D eigenvalue weighted by Crippen LogP contribution is -2.45. The van der Waals surface area contributed by atoms with Gasteiger partial charge >= 0.3 is 23.1 Å². The molecule has 2 bridgehead atoms. The molecular weight excluding hydrogens is 360 g/mol. The number of rotatable bonds is 6. The fourth-order valence-electron chi connectivity index (χ4n) is 3.93. The summed E-state index contributed by atoms with van der Waals surface area (Å²) in [6, 6.07) is 0. The van der Waals surface area contributed by atoms with Crippen LogP contribution < -0.4 is 0 Å². The number of esters is 2. The molecule has 24 heavy (non-hydrogen) atoms. The highest BCUT2D eigenvalue weighted by Gasteiger charge is 2.64. The Morgan fingerprint density at radius 3 is 2.62 bits per heavy atom. The molecule has 0 aromatic heterocycles. The highest BCUT2D eigenvalue weighted by atomic mass is 32.2. The summed E-state index contributed by atoms with van der Waals surface area (Å²) in [5.74, 6) is -7.26. The second-order valence-electron chi connectivity index (χ2n) is 6.32. The standard InChI is InChI=1S/C13H14F4O6S/c14-12(15,13(16,17)24(20)21)1-2-22-11(19)8-5-3-6-7(4-5)10(18)23-9(6)8/h5-9H,1-4H2,(H,20,21). The van der Waals surface area contributed by atoms with E-state index in [0.717, 1.165) is 0 Å². The summed E-state index contributed by atoms with van der Waals surface area (Å²) in [6.45, 7) is -1.03. The normalized spacial score (nSPS) is 35.9. The molecule has 1 saturated heterocycles. The number of halogens is 4. The quantitative estimate of drug-likeness (QED) is 0.431. The Bertz CT molecular complexity index is 597. The fourth-order valence-corrected chi connectivity index (χ4v) is 4.29. The number of ether oxygens (including phenoxy) is 2. The van der Waals surface area contributed by atoms with Gasteiger partial charge in [0.2, 0.25) is 11.1 Å². The summed E-state index contributed by atoms with van der Waals surface area (Å²) < 4.78 is 80.7. The first-order valence-electron chi connectivity index (χ1n) is 7.30. The first kappa shape index (κ1) is 17.6. The maximum atomic E-state index is 13.3. The van der Waals surface area contributed by atoms with Crippen LogP contribution in [0.3, 0.4) is 0 Å². The van der Waals surface area contributed by atoms with Crippen LogP contribution in [-0.4, -0.2) is 44.6 Å². The summed E-state index contributed by atoms with van der Waals surface area (Å²) in [4.78, 5) is 23.6. The second-order valence-corrected chi connectivity index (χ2v) is 7.33. The molecule has 1 heterocycles. The van der Waals surface area contributed by atoms with Gasteiger partial charge in [-0.05, 0) is 18.8 Å². The molecule has 2 aliphatic carbocycles. The third-order valence-electron chi connectivity index (χ3n) is 5.06. The smallest absolute Gasteiger partial charge is 0.406 e. The van der Waals surface area contributed by atoms with E-state index in [9.17, 15) is 31.4 Å². The van der Waals surface area contributed by atoms with E-state index in [1.54, 1.807) is 0 Å². The zero-order valence-corrected chi connectivity index (χ0v) is 12.9. The Balaban J connectivity index is 1.56. The van der Waals surface area contributed by atoms with Crippen LogP contribution in [0.2, 0.25) is 0 Å². The molecule has 0 aromatic carbocycles. The van der Waals surface area contributed by atoms with Gasteiger partial charge in [0.25, 0.3) is 0 Å². The summed E-state index contributed by atoms with van der Waals surface area (Å²) in [6.07, 6.45) is -1.15. The van der Waals surface area contributed by atoms with Gasteiger partial charge < -0.3 is 14.0 Å². The fraction of sp³-hybridized carbons (Fsp3) is 0.846. The highest BCUT2D eigenvalue weighted by molar-refractivity contribution is 7.80. The minimum absolute atomic E-state index is 0.0809. The van der Waals surface area contributed by atoms with E-state index in [1.807, 2.05) is 0 Å². The molecular formula is C13H14F4O6S. The van der Waals surface area contributed by atoms with Crippen molar-refractivity contribution in [1.29, 1.82) is 0 Å². The molecule has 1 N–H and O–H groups in total. The second kappa shape index (κ2) is 5.65. The van der Waals surface area contributed by atoms with Gasteiger partial charge in [-0.25, -0.2) is 4.21 Å². The number of fused-ring (bicyclic) bond motifs is 1. The zero-order valence-electron chi connectivity index (χ0n) is 12.1. The third-order valence-corrected chi connectivity index (χ3v) is 5.80. The van der Waals surface area contributed by atoms with Crippen LogP contribution in [0.5, 0.6) is 0 Å². The Labute approximate surface area is 136 Å². The number of carbonyl (C=O) groups excluding carboxylic acids is 2. The van der Waals surface area contributed by atoms with Gasteiger partial charge in [-0.15, -0.1) is 0 Å². The monoisotopic (exact) mass is 374 g/mol. The molecule has 0 amide bonds. The van der Waals surface area contributed by atoms with Gasteiger partial charge in [0.05, 0.1) is 24.9 Å². The first-order valence-corrected chi connectivity index (χ1v) is 8.40. The minimum atomic E-state index is -5.14. The molecule has 0 spiro atoms. The largest absolute Gasteiger partial charge is 0.465 e. The summed E-state index contributed by atoms with van der Waals surface area (Å²) >= 11 is -4.05. The van der Waals surface area contributed by atoms with Gasteiger partial charge in [-0.2, -0.15) is 17.6 Å². The Hall–Kier alpha value is -1.23. The molecule has 6 nitrogen and oxygen atoms in total. The molecule has 1 aliphatic heterocycles. The van der Waals surface area contributed by atoms with E-state index in [1.165, 1.54) is 0 Å². The van der Waals surface area contributed by atoms with Crippen molar-refractivity contribution in [3.05, 3.63) is 0 Å². The SMILES string of the molecule is O=C1OC2C3CC(CC13)C2C(=O)OCCC(F)(F)C(F)(F)S(=O)O. The first-order chi connectivity index (χ1) is 11.1. The minimum Gasteiger partial charge on any atom is -0.465 e. The lowest BCUT2D eigenvalue weighted by Gasteiger charge is -2.25. The van der Waals surface area contributed by atoms with Crippen molar-refractivity contribution < 1.29 is 45.4 Å². The molecule has 3 fully saturated rings. The van der Waals surface area contributed by atoms with E-state index in [-0.39, 0.29) is 23.7 Å². The Morgan fingerprint density at radius 1 is 1.33 bits per heavy atom. The molecule has 136 valence electrons. The Morgan fingerprint density at radius 2 is 2.00 bits per heavy atom. The molecule has 6 unspecified atom stereocenters. The number of carbonyl (C=O) groups is 2. The van der Waals surface area contributed by atoms with Gasteiger partial charge in [0.1, 0.15) is 6.10 Å². The molecule has 0 aromatic rings. The van der Waals surface area contributed by atoms with Gasteiger partial charge in [-0.3, -0.25) is 9.59 Å². The van der Waals surface area contributed by atoms with Crippen molar-refractivity contribution in [2.24, 2.45) is 23.7 Å². The predicted molar refractivity (Wildman–Crippen MR) is 69.3 cm³/mol. The molecule has 3 aliphatic rings. The van der Waals surface area contributed by atoms with Crippen molar-refractivity contribution in [2.45, 2.75) is 36.5 Å². The van der Waals surface area contributed by atoms with Crippen LogP contribution in [0.4, 0.5) is 17.6 Å². The summed E-state index contributed by atoms with van der Waals surface area (Å²) in [5, 5.41) is -5.14. The van der Waals surface area contributed by atoms with Crippen LogP contribution in [-0.2, 0) is 30.1 Å². The lowest BCUT2D eigenvalue weighted by atomic mass is 9.82. The summed E-state index contributed by atoms with van der Waals surface area (Å²) in [5.41, 5.74) is 0. The molecule has 0 radical (unpaired) electrons. The van der Waals surface area contributed by atoms with Crippen molar-refractivity contribution in [1.82, 2.24) is 0 Å². The number of hydrogen-bond donors (Lipinski definition) is 1. The molecule has 3 rings (SSSR count). The summed E-state index contributed by atoms with van der Waals surface area (Å²) in [7, 11) is 0. The van der Waals surface area contributed by atoms with Crippen LogP contribution in [0, 0.1) is 23.7 Å². The number of alkyl halides is 4. The van der Waals surface area contributed by atoms with Crippen molar-refractivity contribution >= 4 is 23.0 Å². The molecule has 2 saturated carbocycles. The van der Waals surface area contributed by atoms with E-state index in [2.05, 4.69) is 4.74 Å². The topological polar surface area (TPSA) is 89.9 Å². The van der Waals surface area contributed by atoms with Crippen LogP contribution in [0.25, 0.3) is 0 Å². The molecule has 6 atom stereocenters. The van der Waals surface area contributed by atoms with Gasteiger partial charge in [0, 0.05) is 5.92 Å². The van der Waals surface area contributed by atoms with Crippen molar-refractivity contribution in [2.75, 3.05) is 6.61 Å². The van der Waals surface area contributed by atoms with Crippen LogP contribution in [0.1, 0.15) is 19.3 Å². The van der Waals surface area contributed by atoms with Crippen LogP contribution >= 0.6 is 0 Å². The molecule has 11 heteroatoms. The average Bonchev–Trinajstić information content (AvgIpc) is 3.08. The highest BCUT2D eigenvalue weighted by Crippen LogP contribution is 2.57. The van der Waals surface area contributed by atoms with E-state index in [4.69, 9.17) is 9.29 Å².